The molecule has 0 saturated carbocycles. The Morgan fingerprint density at radius 2 is 2.00 bits per heavy atom. The number of benzene rings is 1. The van der Waals surface area contributed by atoms with E-state index in [4.69, 9.17) is 4.74 Å². The van der Waals surface area contributed by atoms with E-state index in [2.05, 4.69) is 5.10 Å². The lowest BCUT2D eigenvalue weighted by molar-refractivity contribution is 0.130. The second-order valence-corrected chi connectivity index (χ2v) is 3.54. The number of hydrogen-bond acceptors (Lipinski definition) is 3. The van der Waals surface area contributed by atoms with Gasteiger partial charge in [0.2, 0.25) is 0 Å². The number of ether oxygens (including phenoxy) is 1. The van der Waals surface area contributed by atoms with E-state index < -0.39 is 0 Å². The number of aromatic hydroxyl groups is 1. The molecule has 0 radical (unpaired) electrons. The third-order valence-corrected chi connectivity index (χ3v) is 2.55. The van der Waals surface area contributed by atoms with E-state index in [0.717, 1.165) is 16.9 Å². The van der Waals surface area contributed by atoms with E-state index in [-0.39, 0.29) is 5.75 Å². The molecule has 1 aliphatic heterocycles. The number of phenols is 1. The van der Waals surface area contributed by atoms with Crippen molar-refractivity contribution in [3.05, 3.63) is 41.7 Å². The number of hydrogen-bond donors (Lipinski definition) is 1. The van der Waals surface area contributed by atoms with E-state index in [1.807, 2.05) is 23.0 Å². The highest BCUT2D eigenvalue weighted by Crippen LogP contribution is 2.23. The molecule has 0 spiro atoms. The molecule has 0 fully saturated rings. The minimum atomic E-state index is 0.263. The van der Waals surface area contributed by atoms with E-state index >= 15 is 0 Å². The van der Waals surface area contributed by atoms with Crippen LogP contribution in [-0.4, -0.2) is 14.9 Å². The third kappa shape index (κ3) is 1.30. The number of nitrogens with zero attached hydrogens (tertiary/aromatic N) is 2. The van der Waals surface area contributed by atoms with Crippen LogP contribution in [0.15, 0.2) is 30.5 Å². The van der Waals surface area contributed by atoms with Crippen LogP contribution >= 0.6 is 0 Å². The molecule has 0 atom stereocenters. The van der Waals surface area contributed by atoms with Gasteiger partial charge < -0.3 is 9.84 Å². The quantitative estimate of drug-likeness (QED) is 0.764. The zero-order chi connectivity index (χ0) is 10.3. The molecule has 2 heterocycles. The molecule has 3 rings (SSSR count). The van der Waals surface area contributed by atoms with Crippen LogP contribution in [-0.2, 0) is 18.0 Å². The molecule has 0 unspecified atom stereocenters. The minimum Gasteiger partial charge on any atom is -0.508 e. The fourth-order valence-electron chi connectivity index (χ4n) is 1.76. The van der Waals surface area contributed by atoms with E-state index in [1.165, 1.54) is 0 Å². The summed E-state index contributed by atoms with van der Waals surface area (Å²) in [5.41, 5.74) is 3.18. The van der Waals surface area contributed by atoms with E-state index in [1.54, 1.807) is 12.1 Å². The predicted octanol–water partition coefficient (Wildman–Crippen LogP) is 1.61. The topological polar surface area (TPSA) is 47.3 Å². The molecule has 1 aliphatic rings. The third-order valence-electron chi connectivity index (χ3n) is 2.55. The smallest absolute Gasteiger partial charge is 0.115 e. The molecule has 4 heteroatoms. The SMILES string of the molecule is Oc1ccc(-n2ncc3c2COC3)cc1. The number of rotatable bonds is 1. The second kappa shape index (κ2) is 3.10. The molecule has 2 aromatic rings. The van der Waals surface area contributed by atoms with Crippen LogP contribution in [0.2, 0.25) is 0 Å². The molecule has 1 N–H and O–H groups in total. The molecular formula is C11H10N2O2. The van der Waals surface area contributed by atoms with Crippen molar-refractivity contribution in [2.45, 2.75) is 13.2 Å². The summed E-state index contributed by atoms with van der Waals surface area (Å²) in [6.07, 6.45) is 1.83. The average molecular weight is 202 g/mol. The van der Waals surface area contributed by atoms with Crippen molar-refractivity contribution >= 4 is 0 Å². The molecule has 76 valence electrons. The molecule has 0 saturated heterocycles. The summed E-state index contributed by atoms with van der Waals surface area (Å²) in [6.45, 7) is 1.25. The Morgan fingerprint density at radius 1 is 1.20 bits per heavy atom. The monoisotopic (exact) mass is 202 g/mol. The first-order chi connectivity index (χ1) is 7.34. The van der Waals surface area contributed by atoms with Gasteiger partial charge in [0, 0.05) is 5.56 Å². The summed E-state index contributed by atoms with van der Waals surface area (Å²) in [5.74, 6) is 0.263. The average Bonchev–Trinajstić information content (AvgIpc) is 2.80. The number of fused-ring (bicyclic) bond motifs is 1. The maximum atomic E-state index is 9.19. The van der Waals surface area contributed by atoms with Crippen LogP contribution in [0.5, 0.6) is 5.75 Å². The Labute approximate surface area is 86.7 Å². The molecule has 1 aromatic carbocycles. The maximum Gasteiger partial charge on any atom is 0.115 e. The maximum absolute atomic E-state index is 9.19. The summed E-state index contributed by atoms with van der Waals surface area (Å²) >= 11 is 0. The summed E-state index contributed by atoms with van der Waals surface area (Å²) in [4.78, 5) is 0. The molecular weight excluding hydrogens is 192 g/mol. The van der Waals surface area contributed by atoms with Gasteiger partial charge in [0.25, 0.3) is 0 Å². The fourth-order valence-corrected chi connectivity index (χ4v) is 1.76. The van der Waals surface area contributed by atoms with Gasteiger partial charge in [-0.15, -0.1) is 0 Å². The molecule has 1 aromatic heterocycles. The standard InChI is InChI=1S/C11H10N2O2/c14-10-3-1-9(2-4-10)13-11-7-15-6-8(11)5-12-13/h1-5,14H,6-7H2. The van der Waals surface area contributed by atoms with Gasteiger partial charge in [0.1, 0.15) is 5.75 Å². The molecule has 15 heavy (non-hydrogen) atoms. The van der Waals surface area contributed by atoms with Gasteiger partial charge in [0.15, 0.2) is 0 Å². The van der Waals surface area contributed by atoms with Crippen molar-refractivity contribution in [3.63, 3.8) is 0 Å². The van der Waals surface area contributed by atoms with Crippen molar-refractivity contribution in [2.75, 3.05) is 0 Å². The highest BCUT2D eigenvalue weighted by atomic mass is 16.5. The highest BCUT2D eigenvalue weighted by molar-refractivity contribution is 5.39. The van der Waals surface area contributed by atoms with Crippen LogP contribution in [0.1, 0.15) is 11.3 Å². The van der Waals surface area contributed by atoms with Gasteiger partial charge in [0.05, 0.1) is 30.8 Å². The van der Waals surface area contributed by atoms with Crippen LogP contribution in [0, 0.1) is 0 Å². The zero-order valence-electron chi connectivity index (χ0n) is 8.05. The summed E-state index contributed by atoms with van der Waals surface area (Å²) in [6, 6.07) is 6.97. The zero-order valence-corrected chi connectivity index (χ0v) is 8.05. The Bertz CT molecular complexity index is 488. The van der Waals surface area contributed by atoms with Gasteiger partial charge in [-0.25, -0.2) is 4.68 Å². The van der Waals surface area contributed by atoms with Crippen molar-refractivity contribution in [1.82, 2.24) is 9.78 Å². The first-order valence-corrected chi connectivity index (χ1v) is 4.77. The first kappa shape index (κ1) is 8.49. The summed E-state index contributed by atoms with van der Waals surface area (Å²) in [5, 5.41) is 13.5. The van der Waals surface area contributed by atoms with E-state index in [0.29, 0.717) is 13.2 Å². The van der Waals surface area contributed by atoms with E-state index in [9.17, 15) is 5.11 Å². The van der Waals surface area contributed by atoms with Gasteiger partial charge in [-0.2, -0.15) is 5.10 Å². The van der Waals surface area contributed by atoms with Crippen LogP contribution in [0.3, 0.4) is 0 Å². The summed E-state index contributed by atoms with van der Waals surface area (Å²) < 4.78 is 7.18. The van der Waals surface area contributed by atoms with Gasteiger partial charge in [-0.1, -0.05) is 0 Å². The molecule has 0 amide bonds. The van der Waals surface area contributed by atoms with Crippen molar-refractivity contribution in [1.29, 1.82) is 0 Å². The number of aromatic nitrogens is 2. The van der Waals surface area contributed by atoms with Gasteiger partial charge in [-0.05, 0) is 24.3 Å². The largest absolute Gasteiger partial charge is 0.508 e. The molecule has 4 nitrogen and oxygen atoms in total. The predicted molar refractivity (Wildman–Crippen MR) is 53.7 cm³/mol. The van der Waals surface area contributed by atoms with Crippen LogP contribution in [0.4, 0.5) is 0 Å². The normalized spacial score (nSPS) is 14.1. The lowest BCUT2D eigenvalue weighted by Gasteiger charge is -2.04. The Balaban J connectivity index is 2.09. The fraction of sp³-hybridized carbons (Fsp3) is 0.182. The molecule has 0 bridgehead atoms. The van der Waals surface area contributed by atoms with Crippen molar-refractivity contribution in [2.24, 2.45) is 0 Å². The lowest BCUT2D eigenvalue weighted by atomic mass is 10.2. The summed E-state index contributed by atoms with van der Waals surface area (Å²) in [7, 11) is 0. The van der Waals surface area contributed by atoms with Crippen molar-refractivity contribution in [3.8, 4) is 11.4 Å². The van der Waals surface area contributed by atoms with Crippen molar-refractivity contribution < 1.29 is 9.84 Å². The van der Waals surface area contributed by atoms with Crippen LogP contribution < -0.4 is 0 Å². The molecule has 0 aliphatic carbocycles. The number of phenolic OH excluding ortho intramolecular Hbond substituents is 1. The minimum absolute atomic E-state index is 0.263. The first-order valence-electron chi connectivity index (χ1n) is 4.77. The Kier molecular flexibility index (Phi) is 1.76. The lowest BCUT2D eigenvalue weighted by Crippen LogP contribution is -2.00. The second-order valence-electron chi connectivity index (χ2n) is 3.54. The Hall–Kier alpha value is -1.81. The Morgan fingerprint density at radius 3 is 2.80 bits per heavy atom. The highest BCUT2D eigenvalue weighted by Gasteiger charge is 2.17. The van der Waals surface area contributed by atoms with Gasteiger partial charge in [-0.3, -0.25) is 0 Å². The van der Waals surface area contributed by atoms with Crippen LogP contribution in [0.25, 0.3) is 5.69 Å². The van der Waals surface area contributed by atoms with Gasteiger partial charge >= 0.3 is 0 Å².